The molecule has 0 heterocycles. The summed E-state index contributed by atoms with van der Waals surface area (Å²) in [6.45, 7) is 14.3. The number of amides is 1. The summed E-state index contributed by atoms with van der Waals surface area (Å²) >= 11 is 0. The van der Waals surface area contributed by atoms with Gasteiger partial charge in [-0.15, -0.1) is 0 Å². The highest BCUT2D eigenvalue weighted by Crippen LogP contribution is 2.25. The Kier molecular flexibility index (Phi) is 7.34. The summed E-state index contributed by atoms with van der Waals surface area (Å²) in [6, 6.07) is 0. The summed E-state index contributed by atoms with van der Waals surface area (Å²) < 4.78 is 20.4. The Bertz CT molecular complexity index is 499. The fourth-order valence-corrected chi connectivity index (χ4v) is 3.69. The van der Waals surface area contributed by atoms with Crippen molar-refractivity contribution in [1.82, 2.24) is 9.21 Å². The van der Waals surface area contributed by atoms with Crippen LogP contribution in [0, 0.1) is 5.41 Å². The summed E-state index contributed by atoms with van der Waals surface area (Å²) in [5.41, 5.74) is -0.470. The van der Waals surface area contributed by atoms with Gasteiger partial charge in [0.15, 0.2) is 0 Å². The van der Waals surface area contributed by atoms with E-state index in [-0.39, 0.29) is 29.5 Å². The number of hydrogen-bond acceptors (Lipinski definition) is 3. The number of carbonyl (C=O) groups is 1. The van der Waals surface area contributed by atoms with Gasteiger partial charge in [-0.25, -0.2) is 4.31 Å². The topological polar surface area (TPSA) is 49.9 Å². The summed E-state index contributed by atoms with van der Waals surface area (Å²) in [4.78, 5) is 14.1. The standard InChI is InChI=1S/C17H36N2O3S/c1-13(16(2,3)4)22-14(15(20)18(8)9)12-19(17(5,6)7)23(10,11)21/h13-14H,10,12H2,1-9,11H3. The first-order chi connectivity index (χ1) is 9.98. The molecule has 0 rings (SSSR count). The average Bonchev–Trinajstić information content (AvgIpc) is 2.28. The van der Waals surface area contributed by atoms with E-state index < -0.39 is 15.8 Å². The molecule has 23 heavy (non-hydrogen) atoms. The second-order valence-corrected chi connectivity index (χ2v) is 10.9. The molecule has 0 aliphatic heterocycles. The molecule has 0 fully saturated rings. The van der Waals surface area contributed by atoms with E-state index in [9.17, 15) is 9.00 Å². The van der Waals surface area contributed by atoms with Crippen molar-refractivity contribution in [2.45, 2.75) is 66.2 Å². The minimum absolute atomic E-state index is 0.0878. The number of likely N-dealkylation sites (N-methyl/N-ethyl adjacent to an activating group) is 1. The fourth-order valence-electron chi connectivity index (χ4n) is 2.08. The van der Waals surface area contributed by atoms with Gasteiger partial charge in [0, 0.05) is 42.1 Å². The number of rotatable bonds is 6. The Labute approximate surface area is 143 Å². The first-order valence-electron chi connectivity index (χ1n) is 7.94. The SMILES string of the molecule is C=S(C)(=O)N(CC(OC(C)C(C)(C)C)C(=O)N(C)C)C(C)(C)C. The monoisotopic (exact) mass is 348 g/mol. The highest BCUT2D eigenvalue weighted by Gasteiger charge is 2.35. The third-order valence-electron chi connectivity index (χ3n) is 3.85. The molecule has 0 aromatic heterocycles. The number of nitrogens with zero attached hydrogens (tertiary/aromatic N) is 2. The van der Waals surface area contributed by atoms with Gasteiger partial charge in [0.25, 0.3) is 5.91 Å². The molecule has 0 saturated carbocycles. The number of ether oxygens (including phenoxy) is 1. The van der Waals surface area contributed by atoms with Gasteiger partial charge in [0.05, 0.1) is 6.10 Å². The summed E-state index contributed by atoms with van der Waals surface area (Å²) in [5, 5.41) is 0. The Hall–Kier alpha value is -0.590. The van der Waals surface area contributed by atoms with Crippen molar-refractivity contribution in [3.8, 4) is 0 Å². The maximum Gasteiger partial charge on any atom is 0.252 e. The number of hydrogen-bond donors (Lipinski definition) is 0. The maximum absolute atomic E-state index is 12.6. The molecule has 1 amide bonds. The van der Waals surface area contributed by atoms with Crippen LogP contribution in [-0.4, -0.2) is 69.8 Å². The molecular formula is C17H36N2O3S. The molecule has 0 bridgehead atoms. The van der Waals surface area contributed by atoms with Crippen LogP contribution in [0.3, 0.4) is 0 Å². The van der Waals surface area contributed by atoms with E-state index in [0.717, 1.165) is 0 Å². The summed E-state index contributed by atoms with van der Waals surface area (Å²) in [6.07, 6.45) is 0.805. The van der Waals surface area contributed by atoms with E-state index in [1.165, 1.54) is 4.90 Å². The highest BCUT2D eigenvalue weighted by atomic mass is 32.2. The van der Waals surface area contributed by atoms with E-state index in [4.69, 9.17) is 4.74 Å². The third-order valence-corrected chi connectivity index (χ3v) is 5.48. The molecule has 0 radical (unpaired) electrons. The van der Waals surface area contributed by atoms with Crippen molar-refractivity contribution < 1.29 is 13.7 Å². The maximum atomic E-state index is 12.6. The van der Waals surface area contributed by atoms with Crippen LogP contribution in [-0.2, 0) is 19.2 Å². The molecule has 0 aromatic rings. The lowest BCUT2D eigenvalue weighted by Crippen LogP contribution is -2.53. The van der Waals surface area contributed by atoms with Crippen LogP contribution < -0.4 is 0 Å². The van der Waals surface area contributed by atoms with Gasteiger partial charge in [-0.05, 0) is 39.0 Å². The Morgan fingerprint density at radius 2 is 1.61 bits per heavy atom. The van der Waals surface area contributed by atoms with Gasteiger partial charge in [0.2, 0.25) is 0 Å². The first kappa shape index (κ1) is 22.4. The average molecular weight is 349 g/mol. The van der Waals surface area contributed by atoms with Crippen LogP contribution in [0.1, 0.15) is 48.5 Å². The van der Waals surface area contributed by atoms with Crippen molar-refractivity contribution in [2.75, 3.05) is 26.9 Å². The van der Waals surface area contributed by atoms with Crippen LogP contribution in [0.2, 0.25) is 0 Å². The van der Waals surface area contributed by atoms with Gasteiger partial charge in [0.1, 0.15) is 6.10 Å². The molecular weight excluding hydrogens is 312 g/mol. The van der Waals surface area contributed by atoms with E-state index in [1.54, 1.807) is 24.7 Å². The van der Waals surface area contributed by atoms with E-state index in [1.807, 2.05) is 27.7 Å². The molecule has 0 saturated heterocycles. The molecule has 138 valence electrons. The van der Waals surface area contributed by atoms with Crippen LogP contribution in [0.15, 0.2) is 0 Å². The normalized spacial score (nSPS) is 18.4. The molecule has 0 aliphatic carbocycles. The van der Waals surface area contributed by atoms with Gasteiger partial charge in [-0.3, -0.25) is 9.00 Å². The van der Waals surface area contributed by atoms with E-state index in [0.29, 0.717) is 0 Å². The molecule has 0 spiro atoms. The molecule has 0 N–H and O–H groups in total. The zero-order valence-corrected chi connectivity index (χ0v) is 17.4. The third kappa shape index (κ3) is 7.23. The van der Waals surface area contributed by atoms with Crippen molar-refractivity contribution in [2.24, 2.45) is 5.41 Å². The quantitative estimate of drug-likeness (QED) is 0.692. The zero-order chi connectivity index (χ0) is 18.8. The van der Waals surface area contributed by atoms with Crippen molar-refractivity contribution in [3.05, 3.63) is 0 Å². The zero-order valence-electron chi connectivity index (χ0n) is 16.6. The van der Waals surface area contributed by atoms with Crippen LogP contribution in [0.4, 0.5) is 0 Å². The molecule has 0 aliphatic rings. The van der Waals surface area contributed by atoms with Crippen molar-refractivity contribution in [1.29, 1.82) is 0 Å². The van der Waals surface area contributed by atoms with Gasteiger partial charge >= 0.3 is 0 Å². The lowest BCUT2D eigenvalue weighted by molar-refractivity contribution is -0.150. The predicted molar refractivity (Wildman–Crippen MR) is 100 cm³/mol. The number of carbonyl (C=O) groups excluding carboxylic acids is 1. The fraction of sp³-hybridized carbons (Fsp3) is 0.882. The van der Waals surface area contributed by atoms with Gasteiger partial charge < -0.3 is 9.64 Å². The van der Waals surface area contributed by atoms with Gasteiger partial charge in [-0.1, -0.05) is 20.8 Å². The summed E-state index contributed by atoms with van der Waals surface area (Å²) in [5.74, 6) is 3.67. The lowest BCUT2D eigenvalue weighted by Gasteiger charge is -2.40. The van der Waals surface area contributed by atoms with E-state index in [2.05, 4.69) is 26.6 Å². The van der Waals surface area contributed by atoms with Crippen LogP contribution in [0.25, 0.3) is 0 Å². The van der Waals surface area contributed by atoms with Gasteiger partial charge in [-0.2, -0.15) is 0 Å². The summed E-state index contributed by atoms with van der Waals surface area (Å²) in [7, 11) is 0.942. The predicted octanol–water partition coefficient (Wildman–Crippen LogP) is 2.26. The second-order valence-electron chi connectivity index (χ2n) is 8.56. The van der Waals surface area contributed by atoms with Crippen molar-refractivity contribution in [3.63, 3.8) is 0 Å². The molecule has 0 aromatic carbocycles. The van der Waals surface area contributed by atoms with Crippen LogP contribution in [0.5, 0.6) is 0 Å². The minimum Gasteiger partial charge on any atom is -0.363 e. The molecule has 5 nitrogen and oxygen atoms in total. The smallest absolute Gasteiger partial charge is 0.252 e. The lowest BCUT2D eigenvalue weighted by atomic mass is 9.90. The highest BCUT2D eigenvalue weighted by molar-refractivity contribution is 7.97. The Morgan fingerprint density at radius 1 is 1.17 bits per heavy atom. The largest absolute Gasteiger partial charge is 0.363 e. The minimum atomic E-state index is -2.47. The van der Waals surface area contributed by atoms with Crippen molar-refractivity contribution >= 4 is 21.5 Å². The Morgan fingerprint density at radius 3 is 1.87 bits per heavy atom. The Balaban J connectivity index is 5.57. The second kappa shape index (κ2) is 7.53. The molecule has 3 unspecified atom stereocenters. The van der Waals surface area contributed by atoms with E-state index >= 15 is 0 Å². The van der Waals surface area contributed by atoms with Crippen LogP contribution >= 0.6 is 0 Å². The first-order valence-corrected chi connectivity index (χ1v) is 10.0. The molecule has 6 heteroatoms. The molecule has 3 atom stereocenters.